The Bertz CT molecular complexity index is 608. The second kappa shape index (κ2) is 8.03. The molecule has 0 saturated carbocycles. The van der Waals surface area contributed by atoms with Crippen LogP contribution in [0.1, 0.15) is 24.5 Å². The molecule has 1 aromatic carbocycles. The molecule has 1 fully saturated rings. The number of hydrogen-bond acceptors (Lipinski definition) is 4. The molecule has 3 rings (SSSR count). The fourth-order valence-corrected chi connectivity index (χ4v) is 4.22. The first kappa shape index (κ1) is 17.3. The van der Waals surface area contributed by atoms with E-state index in [9.17, 15) is 9.59 Å². The number of nitrogens with zero attached hydrogens (tertiary/aromatic N) is 2. The SMILES string of the molecule is CCC(CNC(=O)CN1CCSC1=O)N1CCc2ccccc2C1. The maximum atomic E-state index is 12.1. The number of carbonyl (C=O) groups is 2. The number of fused-ring (bicyclic) bond motifs is 1. The van der Waals surface area contributed by atoms with Crippen molar-refractivity contribution in [3.8, 4) is 0 Å². The van der Waals surface area contributed by atoms with Crippen LogP contribution in [-0.2, 0) is 17.8 Å². The van der Waals surface area contributed by atoms with Crippen LogP contribution in [0, 0.1) is 0 Å². The van der Waals surface area contributed by atoms with Crippen molar-refractivity contribution in [2.75, 3.05) is 31.9 Å². The molecule has 0 aliphatic carbocycles. The van der Waals surface area contributed by atoms with Gasteiger partial charge in [0.2, 0.25) is 5.91 Å². The lowest BCUT2D eigenvalue weighted by atomic mass is 9.98. The number of carbonyl (C=O) groups excluding carboxylic acids is 2. The van der Waals surface area contributed by atoms with E-state index >= 15 is 0 Å². The molecule has 2 aliphatic rings. The van der Waals surface area contributed by atoms with Crippen LogP contribution in [0.4, 0.5) is 4.79 Å². The van der Waals surface area contributed by atoms with Crippen molar-refractivity contribution < 1.29 is 9.59 Å². The maximum absolute atomic E-state index is 12.1. The molecule has 1 N–H and O–H groups in total. The molecule has 6 heteroatoms. The van der Waals surface area contributed by atoms with Gasteiger partial charge in [-0.25, -0.2) is 0 Å². The van der Waals surface area contributed by atoms with E-state index in [0.29, 0.717) is 19.1 Å². The molecule has 1 saturated heterocycles. The van der Waals surface area contributed by atoms with Gasteiger partial charge in [-0.05, 0) is 24.0 Å². The van der Waals surface area contributed by atoms with Crippen molar-refractivity contribution in [1.29, 1.82) is 0 Å². The van der Waals surface area contributed by atoms with E-state index in [1.165, 1.54) is 22.9 Å². The first-order chi connectivity index (χ1) is 11.7. The number of rotatable bonds is 6. The van der Waals surface area contributed by atoms with Gasteiger partial charge in [-0.15, -0.1) is 0 Å². The smallest absolute Gasteiger partial charge is 0.282 e. The predicted molar refractivity (Wildman–Crippen MR) is 97.1 cm³/mol. The Balaban J connectivity index is 1.50. The van der Waals surface area contributed by atoms with E-state index in [1.54, 1.807) is 4.90 Å². The van der Waals surface area contributed by atoms with Crippen molar-refractivity contribution >= 4 is 22.9 Å². The average molecular weight is 347 g/mol. The number of nitrogens with one attached hydrogen (secondary N) is 1. The second-order valence-corrected chi connectivity index (χ2v) is 7.44. The molecule has 1 unspecified atom stereocenters. The number of benzene rings is 1. The first-order valence-electron chi connectivity index (χ1n) is 8.66. The lowest BCUT2D eigenvalue weighted by Crippen LogP contribution is -2.47. The van der Waals surface area contributed by atoms with Crippen LogP contribution in [0.5, 0.6) is 0 Å². The standard InChI is InChI=1S/C18H25N3O2S/c1-2-16(11-19-17(22)13-21-9-10-24-18(21)23)20-8-7-14-5-3-4-6-15(14)12-20/h3-6,16H,2,7-13H2,1H3,(H,19,22). The highest BCUT2D eigenvalue weighted by Crippen LogP contribution is 2.21. The van der Waals surface area contributed by atoms with Crippen molar-refractivity contribution in [3.63, 3.8) is 0 Å². The van der Waals surface area contributed by atoms with Gasteiger partial charge in [0.15, 0.2) is 0 Å². The summed E-state index contributed by atoms with van der Waals surface area (Å²) in [5.41, 5.74) is 2.84. The minimum absolute atomic E-state index is 0.0184. The largest absolute Gasteiger partial charge is 0.353 e. The fraction of sp³-hybridized carbons (Fsp3) is 0.556. The summed E-state index contributed by atoms with van der Waals surface area (Å²) < 4.78 is 0. The Kier molecular flexibility index (Phi) is 5.79. The molecule has 0 radical (unpaired) electrons. The number of thioether (sulfide) groups is 1. The lowest BCUT2D eigenvalue weighted by Gasteiger charge is -2.35. The topological polar surface area (TPSA) is 52.7 Å². The zero-order chi connectivity index (χ0) is 16.9. The van der Waals surface area contributed by atoms with Gasteiger partial charge in [0, 0.05) is 38.0 Å². The zero-order valence-corrected chi connectivity index (χ0v) is 15.0. The average Bonchev–Trinajstić information content (AvgIpc) is 3.00. The number of amides is 2. The highest BCUT2D eigenvalue weighted by Gasteiger charge is 2.25. The van der Waals surface area contributed by atoms with Gasteiger partial charge in [0.05, 0.1) is 0 Å². The summed E-state index contributed by atoms with van der Waals surface area (Å²) >= 11 is 1.29. The molecule has 1 aromatic rings. The van der Waals surface area contributed by atoms with Crippen molar-refractivity contribution in [2.45, 2.75) is 32.4 Å². The summed E-state index contributed by atoms with van der Waals surface area (Å²) in [6.07, 6.45) is 2.07. The highest BCUT2D eigenvalue weighted by molar-refractivity contribution is 8.13. The maximum Gasteiger partial charge on any atom is 0.282 e. The van der Waals surface area contributed by atoms with Gasteiger partial charge in [-0.2, -0.15) is 0 Å². The van der Waals surface area contributed by atoms with E-state index in [1.807, 2.05) is 0 Å². The Labute approximate surface area is 147 Å². The van der Waals surface area contributed by atoms with Crippen LogP contribution in [0.2, 0.25) is 0 Å². The summed E-state index contributed by atoms with van der Waals surface area (Å²) in [5.74, 6) is 0.735. The summed E-state index contributed by atoms with van der Waals surface area (Å²) in [6.45, 7) is 5.66. The first-order valence-corrected chi connectivity index (χ1v) is 9.65. The van der Waals surface area contributed by atoms with Crippen molar-refractivity contribution in [2.24, 2.45) is 0 Å². The van der Waals surface area contributed by atoms with Crippen LogP contribution < -0.4 is 5.32 Å². The molecule has 2 heterocycles. The molecule has 0 spiro atoms. The van der Waals surface area contributed by atoms with Gasteiger partial charge in [-0.1, -0.05) is 43.0 Å². The van der Waals surface area contributed by atoms with Crippen LogP contribution in [0.15, 0.2) is 24.3 Å². The Morgan fingerprint density at radius 1 is 1.29 bits per heavy atom. The monoisotopic (exact) mass is 347 g/mol. The highest BCUT2D eigenvalue weighted by atomic mass is 32.2. The fourth-order valence-electron chi connectivity index (χ4n) is 3.39. The molecule has 2 amide bonds. The van der Waals surface area contributed by atoms with Gasteiger partial charge >= 0.3 is 0 Å². The molecule has 0 aromatic heterocycles. The molecular weight excluding hydrogens is 322 g/mol. The van der Waals surface area contributed by atoms with E-state index in [2.05, 4.69) is 41.4 Å². The van der Waals surface area contributed by atoms with Crippen LogP contribution in [-0.4, -0.2) is 58.9 Å². The molecule has 1 atom stereocenters. The minimum Gasteiger partial charge on any atom is -0.353 e. The quantitative estimate of drug-likeness (QED) is 0.856. The third-order valence-electron chi connectivity index (χ3n) is 4.86. The Hall–Kier alpha value is -1.53. The third kappa shape index (κ3) is 4.11. The molecular formula is C18H25N3O2S. The summed E-state index contributed by atoms with van der Waals surface area (Å²) in [6, 6.07) is 8.94. The lowest BCUT2D eigenvalue weighted by molar-refractivity contribution is -0.121. The number of hydrogen-bond donors (Lipinski definition) is 1. The van der Waals surface area contributed by atoms with Gasteiger partial charge in [0.25, 0.3) is 5.24 Å². The van der Waals surface area contributed by atoms with Gasteiger partial charge in [0.1, 0.15) is 6.54 Å². The van der Waals surface area contributed by atoms with E-state index in [4.69, 9.17) is 0 Å². The Morgan fingerprint density at radius 3 is 2.79 bits per heavy atom. The Morgan fingerprint density at radius 2 is 2.08 bits per heavy atom. The second-order valence-electron chi connectivity index (χ2n) is 6.39. The molecule has 130 valence electrons. The van der Waals surface area contributed by atoms with Crippen molar-refractivity contribution in [3.05, 3.63) is 35.4 Å². The van der Waals surface area contributed by atoms with Crippen LogP contribution in [0.3, 0.4) is 0 Å². The molecule has 5 nitrogen and oxygen atoms in total. The van der Waals surface area contributed by atoms with E-state index in [0.717, 1.165) is 31.7 Å². The predicted octanol–water partition coefficient (Wildman–Crippen LogP) is 2.11. The van der Waals surface area contributed by atoms with Crippen LogP contribution in [0.25, 0.3) is 0 Å². The van der Waals surface area contributed by atoms with Crippen LogP contribution >= 0.6 is 11.8 Å². The van der Waals surface area contributed by atoms with E-state index in [-0.39, 0.29) is 17.7 Å². The molecule has 24 heavy (non-hydrogen) atoms. The van der Waals surface area contributed by atoms with Gasteiger partial charge in [-0.3, -0.25) is 14.5 Å². The summed E-state index contributed by atoms with van der Waals surface area (Å²) in [4.78, 5) is 27.8. The normalized spacial score (nSPS) is 19.2. The molecule has 2 aliphatic heterocycles. The summed E-state index contributed by atoms with van der Waals surface area (Å²) in [7, 11) is 0. The third-order valence-corrected chi connectivity index (χ3v) is 5.75. The summed E-state index contributed by atoms with van der Waals surface area (Å²) in [5, 5.41) is 3.04. The van der Waals surface area contributed by atoms with E-state index < -0.39 is 0 Å². The zero-order valence-electron chi connectivity index (χ0n) is 14.2. The van der Waals surface area contributed by atoms with Crippen molar-refractivity contribution in [1.82, 2.24) is 15.1 Å². The van der Waals surface area contributed by atoms with Gasteiger partial charge < -0.3 is 10.2 Å². The molecule has 0 bridgehead atoms. The minimum atomic E-state index is -0.0540.